The fourth-order valence-electron chi connectivity index (χ4n) is 3.99. The molecule has 0 fully saturated rings. The number of hydrogen-bond donors (Lipinski definition) is 3. The van der Waals surface area contributed by atoms with Crippen LogP contribution in [0.1, 0.15) is 43.0 Å². The van der Waals surface area contributed by atoms with E-state index in [0.29, 0.717) is 6.54 Å². The largest absolute Gasteiger partial charge is 0.611 e. The fourth-order valence-corrected chi connectivity index (χ4v) is 4.93. The van der Waals surface area contributed by atoms with Crippen LogP contribution in [0.4, 0.5) is 0 Å². The van der Waals surface area contributed by atoms with Gasteiger partial charge in [0, 0.05) is 24.9 Å². The van der Waals surface area contributed by atoms with Crippen molar-refractivity contribution in [3.63, 3.8) is 0 Å². The fraction of sp³-hybridized carbons (Fsp3) is 0.407. The van der Waals surface area contributed by atoms with E-state index in [1.54, 1.807) is 7.05 Å². The molecular weight excluding hydrogens is 458 g/mol. The third-order valence-corrected chi connectivity index (χ3v) is 7.69. The van der Waals surface area contributed by atoms with Crippen LogP contribution < -0.4 is 10.6 Å². The van der Waals surface area contributed by atoms with Gasteiger partial charge in [-0.1, -0.05) is 12.1 Å². The van der Waals surface area contributed by atoms with Crippen LogP contribution in [0, 0.1) is 12.3 Å². The number of benzene rings is 2. The lowest BCUT2D eigenvalue weighted by Gasteiger charge is -2.31. The first-order valence-electron chi connectivity index (χ1n) is 11.8. The summed E-state index contributed by atoms with van der Waals surface area (Å²) in [5.74, 6) is 0.101. The molecule has 1 heterocycles. The SMILES string of the molecule is CNCc1ccc(C(=N)OC(NC)C2=C(C)N(C)CC(c3ccc([S+]([O-])C(C)C)cc3)=N2)c(C)c1. The minimum atomic E-state index is -1.02. The third-order valence-electron chi connectivity index (χ3n) is 6.10. The van der Waals surface area contributed by atoms with E-state index < -0.39 is 17.4 Å². The molecule has 0 aliphatic carbocycles. The quantitative estimate of drug-likeness (QED) is 0.213. The summed E-state index contributed by atoms with van der Waals surface area (Å²) in [5, 5.41) is 15.0. The molecule has 7 nitrogen and oxygen atoms in total. The predicted octanol–water partition coefficient (Wildman–Crippen LogP) is 3.78. The molecule has 2 aromatic rings. The number of allylic oxidation sites excluding steroid dienone is 1. The minimum absolute atomic E-state index is 0.0724. The summed E-state index contributed by atoms with van der Waals surface area (Å²) >= 11 is -1.02. The number of nitrogens with zero attached hydrogens (tertiary/aromatic N) is 2. The molecule has 8 heteroatoms. The molecule has 1 aliphatic heterocycles. The molecule has 3 rings (SSSR count). The molecule has 35 heavy (non-hydrogen) atoms. The maximum Gasteiger partial charge on any atom is 0.215 e. The number of rotatable bonds is 9. The number of aryl methyl sites for hydroxylation is 1. The van der Waals surface area contributed by atoms with Crippen molar-refractivity contribution < 1.29 is 9.29 Å². The number of ether oxygens (including phenoxy) is 1. The lowest BCUT2D eigenvalue weighted by Crippen LogP contribution is -2.39. The number of hydrogen-bond acceptors (Lipinski definition) is 7. The lowest BCUT2D eigenvalue weighted by atomic mass is 10.0. The molecule has 0 saturated heterocycles. The van der Waals surface area contributed by atoms with Crippen molar-refractivity contribution in [2.75, 3.05) is 27.7 Å². The summed E-state index contributed by atoms with van der Waals surface area (Å²) in [6.07, 6.45) is -0.579. The van der Waals surface area contributed by atoms with E-state index >= 15 is 0 Å². The molecule has 0 spiro atoms. The van der Waals surface area contributed by atoms with Gasteiger partial charge in [-0.3, -0.25) is 10.7 Å². The van der Waals surface area contributed by atoms with Gasteiger partial charge in [-0.25, -0.2) is 4.99 Å². The summed E-state index contributed by atoms with van der Waals surface area (Å²) in [6.45, 7) is 9.35. The van der Waals surface area contributed by atoms with Gasteiger partial charge in [-0.05, 0) is 100.0 Å². The Hall–Kier alpha value is -2.65. The minimum Gasteiger partial charge on any atom is -0.611 e. The summed E-state index contributed by atoms with van der Waals surface area (Å²) in [6, 6.07) is 13.8. The van der Waals surface area contributed by atoms with E-state index in [2.05, 4.69) is 21.6 Å². The second-order valence-corrected chi connectivity index (χ2v) is 11.1. The lowest BCUT2D eigenvalue weighted by molar-refractivity contribution is 0.188. The van der Waals surface area contributed by atoms with Crippen LogP contribution in [-0.2, 0) is 22.5 Å². The highest BCUT2D eigenvalue weighted by Crippen LogP contribution is 2.24. The van der Waals surface area contributed by atoms with Crippen molar-refractivity contribution in [3.8, 4) is 0 Å². The third kappa shape index (κ3) is 6.32. The zero-order valence-electron chi connectivity index (χ0n) is 21.7. The summed E-state index contributed by atoms with van der Waals surface area (Å²) < 4.78 is 18.5. The Labute approximate surface area is 212 Å². The Morgan fingerprint density at radius 3 is 2.43 bits per heavy atom. The summed E-state index contributed by atoms with van der Waals surface area (Å²) in [7, 11) is 5.74. The van der Waals surface area contributed by atoms with Gasteiger partial charge in [0.1, 0.15) is 10.9 Å². The Morgan fingerprint density at radius 1 is 1.17 bits per heavy atom. The van der Waals surface area contributed by atoms with E-state index in [4.69, 9.17) is 15.1 Å². The van der Waals surface area contributed by atoms with Crippen molar-refractivity contribution in [1.29, 1.82) is 5.41 Å². The van der Waals surface area contributed by atoms with E-state index in [0.717, 1.165) is 50.8 Å². The van der Waals surface area contributed by atoms with Crippen molar-refractivity contribution in [3.05, 3.63) is 76.1 Å². The average molecular weight is 496 g/mol. The second-order valence-electron chi connectivity index (χ2n) is 9.05. The first kappa shape index (κ1) is 26.9. The molecule has 0 radical (unpaired) electrons. The predicted molar refractivity (Wildman–Crippen MR) is 145 cm³/mol. The molecule has 188 valence electrons. The second kappa shape index (κ2) is 11.9. The number of nitrogens with one attached hydrogen (secondary N) is 3. The molecule has 0 aromatic heterocycles. The normalized spacial score (nSPS) is 15.8. The van der Waals surface area contributed by atoms with Gasteiger partial charge in [-0.2, -0.15) is 0 Å². The van der Waals surface area contributed by atoms with Gasteiger partial charge in [-0.15, -0.1) is 0 Å². The Balaban J connectivity index is 1.85. The molecular formula is C27H37N5O2S. The van der Waals surface area contributed by atoms with Crippen LogP contribution in [0.5, 0.6) is 0 Å². The van der Waals surface area contributed by atoms with Gasteiger partial charge in [0.25, 0.3) is 0 Å². The Morgan fingerprint density at radius 2 is 1.86 bits per heavy atom. The van der Waals surface area contributed by atoms with E-state index in [9.17, 15) is 4.55 Å². The standard InChI is InChI=1S/C27H37N5O2S/c1-17(2)35(33)22-11-9-21(10-12-22)24-16-32(7)19(4)25(31-24)27(30-6)34-26(28)23-13-8-20(15-29-5)14-18(23)3/h8-14,17,27-30H,15-16H2,1-7H3. The molecule has 3 N–H and O–H groups in total. The van der Waals surface area contributed by atoms with Gasteiger partial charge in [0.2, 0.25) is 5.90 Å². The molecule has 1 aliphatic rings. The monoisotopic (exact) mass is 495 g/mol. The van der Waals surface area contributed by atoms with Crippen LogP contribution in [0.2, 0.25) is 0 Å². The van der Waals surface area contributed by atoms with E-state index in [-0.39, 0.29) is 11.1 Å². The Kier molecular flexibility index (Phi) is 9.13. The average Bonchev–Trinajstić information content (AvgIpc) is 2.84. The van der Waals surface area contributed by atoms with Crippen molar-refractivity contribution in [1.82, 2.24) is 15.5 Å². The first-order chi connectivity index (χ1) is 16.7. The van der Waals surface area contributed by atoms with Gasteiger partial charge in [0.05, 0.1) is 12.3 Å². The zero-order valence-corrected chi connectivity index (χ0v) is 22.5. The highest BCUT2D eigenvalue weighted by Gasteiger charge is 2.26. The maximum atomic E-state index is 12.4. The van der Waals surface area contributed by atoms with E-state index in [1.165, 1.54) is 0 Å². The van der Waals surface area contributed by atoms with Gasteiger partial charge < -0.3 is 19.5 Å². The summed E-state index contributed by atoms with van der Waals surface area (Å²) in [4.78, 5) is 7.91. The topological polar surface area (TPSA) is 95.8 Å². The zero-order chi connectivity index (χ0) is 25.7. The highest BCUT2D eigenvalue weighted by molar-refractivity contribution is 7.92. The Bertz CT molecular complexity index is 1110. The molecule has 2 unspecified atom stereocenters. The van der Waals surface area contributed by atoms with Crippen LogP contribution in [0.25, 0.3) is 0 Å². The van der Waals surface area contributed by atoms with Crippen LogP contribution >= 0.6 is 0 Å². The maximum absolute atomic E-state index is 12.4. The molecule has 0 amide bonds. The first-order valence-corrected chi connectivity index (χ1v) is 13.0. The van der Waals surface area contributed by atoms with Gasteiger partial charge in [0.15, 0.2) is 11.1 Å². The van der Waals surface area contributed by atoms with E-state index in [1.807, 2.05) is 78.2 Å². The van der Waals surface area contributed by atoms with Crippen molar-refractivity contribution in [2.24, 2.45) is 4.99 Å². The van der Waals surface area contributed by atoms with Crippen molar-refractivity contribution >= 4 is 22.8 Å². The van der Waals surface area contributed by atoms with Crippen LogP contribution in [0.3, 0.4) is 0 Å². The van der Waals surface area contributed by atoms with Gasteiger partial charge >= 0.3 is 0 Å². The smallest absolute Gasteiger partial charge is 0.215 e. The van der Waals surface area contributed by atoms with Crippen LogP contribution in [0.15, 0.2) is 63.7 Å². The number of aliphatic imine (C=N–C) groups is 1. The molecule has 0 saturated carbocycles. The van der Waals surface area contributed by atoms with Crippen LogP contribution in [-0.4, -0.2) is 60.2 Å². The molecule has 0 bridgehead atoms. The van der Waals surface area contributed by atoms with Crippen molar-refractivity contribution in [2.45, 2.75) is 50.6 Å². The number of likely N-dealkylation sites (N-methyl/N-ethyl adjacent to an activating group) is 2. The summed E-state index contributed by atoms with van der Waals surface area (Å²) in [5.41, 5.74) is 6.51. The highest BCUT2D eigenvalue weighted by atomic mass is 32.2. The molecule has 2 atom stereocenters. The molecule has 2 aromatic carbocycles.